The maximum Gasteiger partial charge on any atom is 0.421 e. The fourth-order valence-electron chi connectivity index (χ4n) is 4.15. The predicted octanol–water partition coefficient (Wildman–Crippen LogP) is 3.46. The molecule has 3 rings (SSSR count). The number of benzene rings is 1. The van der Waals surface area contributed by atoms with Crippen molar-refractivity contribution in [2.45, 2.75) is 70.2 Å². The molecule has 1 aromatic carbocycles. The van der Waals surface area contributed by atoms with Crippen molar-refractivity contribution < 1.29 is 18.6 Å². The molecule has 25 heavy (non-hydrogen) atoms. The molecule has 6 heteroatoms. The Hall–Kier alpha value is -1.40. The topological polar surface area (TPSA) is 44.7 Å². The van der Waals surface area contributed by atoms with Gasteiger partial charge in [0.15, 0.2) is 0 Å². The van der Waals surface area contributed by atoms with Crippen LogP contribution in [0.25, 0.3) is 0 Å². The van der Waals surface area contributed by atoms with Crippen LogP contribution in [0, 0.1) is 6.92 Å². The highest BCUT2D eigenvalue weighted by molar-refractivity contribution is 5.55. The molecule has 0 amide bonds. The average molecular weight is 354 g/mol. The van der Waals surface area contributed by atoms with Gasteiger partial charge >= 0.3 is 6.11 Å². The van der Waals surface area contributed by atoms with E-state index in [0.29, 0.717) is 17.6 Å². The van der Waals surface area contributed by atoms with Gasteiger partial charge in [0.05, 0.1) is 0 Å². The number of hydrogen-bond donors (Lipinski definition) is 2. The van der Waals surface area contributed by atoms with Gasteiger partial charge in [-0.1, -0.05) is 12.8 Å². The lowest BCUT2D eigenvalue weighted by Crippen LogP contribution is -2.67. The van der Waals surface area contributed by atoms with Crippen LogP contribution in [-0.4, -0.2) is 42.0 Å². The fraction of sp³-hybridized carbons (Fsp3) is 0.684. The van der Waals surface area contributed by atoms with Crippen molar-refractivity contribution in [2.24, 2.45) is 0 Å². The summed E-state index contributed by atoms with van der Waals surface area (Å²) in [5.74, 6) is 0.109. The van der Waals surface area contributed by atoms with Crippen molar-refractivity contribution in [3.8, 4) is 5.75 Å². The maximum atomic E-state index is 13.3. The molecular weight excluding hydrogens is 326 g/mol. The van der Waals surface area contributed by atoms with E-state index in [-0.39, 0.29) is 11.3 Å². The van der Waals surface area contributed by atoms with Crippen molar-refractivity contribution >= 4 is 5.69 Å². The van der Waals surface area contributed by atoms with E-state index in [0.717, 1.165) is 18.7 Å². The molecule has 4 nitrogen and oxygen atoms in total. The smallest absolute Gasteiger partial charge is 0.421 e. The van der Waals surface area contributed by atoms with Gasteiger partial charge in [0.1, 0.15) is 12.4 Å². The number of nitrogens with one attached hydrogen (secondary N) is 1. The Bertz CT molecular complexity index is 621. The number of alkyl halides is 2. The van der Waals surface area contributed by atoms with Crippen molar-refractivity contribution in [3.63, 3.8) is 0 Å². The minimum absolute atomic E-state index is 0.00546. The number of aryl methyl sites for hydroxylation is 1. The molecule has 0 spiro atoms. The second-order valence-corrected chi connectivity index (χ2v) is 7.96. The first-order valence-corrected chi connectivity index (χ1v) is 9.03. The third-order valence-corrected chi connectivity index (χ3v) is 5.21. The van der Waals surface area contributed by atoms with Crippen LogP contribution >= 0.6 is 0 Å². The summed E-state index contributed by atoms with van der Waals surface area (Å²) in [5.41, 5.74) is 1.70. The van der Waals surface area contributed by atoms with Crippen LogP contribution in [0.1, 0.15) is 45.1 Å². The molecule has 0 unspecified atom stereocenters. The Morgan fingerprint density at radius 2 is 2.04 bits per heavy atom. The predicted molar refractivity (Wildman–Crippen MR) is 94.4 cm³/mol. The molecule has 1 saturated carbocycles. The minimum atomic E-state index is -3.56. The number of ether oxygens (including phenoxy) is 1. The highest BCUT2D eigenvalue weighted by Gasteiger charge is 2.40. The highest BCUT2D eigenvalue weighted by atomic mass is 19.3. The molecule has 0 bridgehead atoms. The summed E-state index contributed by atoms with van der Waals surface area (Å²) in [7, 11) is 0. The lowest BCUT2D eigenvalue weighted by Gasteiger charge is -2.52. The van der Waals surface area contributed by atoms with E-state index in [1.807, 2.05) is 12.1 Å². The van der Waals surface area contributed by atoms with Gasteiger partial charge in [0.2, 0.25) is 0 Å². The zero-order chi connectivity index (χ0) is 18.2. The number of rotatable bonds is 4. The summed E-state index contributed by atoms with van der Waals surface area (Å²) in [6.45, 7) is 5.72. The van der Waals surface area contributed by atoms with E-state index in [1.54, 1.807) is 13.0 Å². The van der Waals surface area contributed by atoms with Crippen molar-refractivity contribution in [1.82, 2.24) is 5.32 Å². The van der Waals surface area contributed by atoms with E-state index in [9.17, 15) is 8.78 Å². The second-order valence-electron chi connectivity index (χ2n) is 7.96. The highest BCUT2D eigenvalue weighted by Crippen LogP contribution is 2.36. The lowest BCUT2D eigenvalue weighted by molar-refractivity contribution is -0.201. The summed E-state index contributed by atoms with van der Waals surface area (Å²) in [5, 5.41) is 12.5. The molecule has 1 aliphatic heterocycles. The van der Waals surface area contributed by atoms with Gasteiger partial charge in [0, 0.05) is 29.9 Å². The Morgan fingerprint density at radius 1 is 1.32 bits per heavy atom. The number of fused-ring (bicyclic) bond motifs is 1. The molecule has 1 saturated heterocycles. The van der Waals surface area contributed by atoms with Gasteiger partial charge < -0.3 is 20.1 Å². The normalized spacial score (nSPS) is 26.2. The minimum Gasteiger partial charge on any atom is -0.431 e. The Morgan fingerprint density at radius 3 is 2.72 bits per heavy atom. The monoisotopic (exact) mass is 354 g/mol. The van der Waals surface area contributed by atoms with Crippen molar-refractivity contribution in [1.29, 1.82) is 0 Å². The van der Waals surface area contributed by atoms with Gasteiger partial charge in [-0.25, -0.2) is 0 Å². The molecule has 2 fully saturated rings. The fourth-order valence-corrected chi connectivity index (χ4v) is 4.15. The molecule has 1 heterocycles. The van der Waals surface area contributed by atoms with Gasteiger partial charge in [-0.05, 0) is 57.4 Å². The molecule has 0 radical (unpaired) electrons. The lowest BCUT2D eigenvalue weighted by atomic mass is 9.83. The third kappa shape index (κ3) is 4.06. The molecular formula is C19H28F2N2O2. The van der Waals surface area contributed by atoms with Crippen LogP contribution in [0.5, 0.6) is 5.75 Å². The van der Waals surface area contributed by atoms with Gasteiger partial charge in [-0.2, -0.15) is 8.78 Å². The van der Waals surface area contributed by atoms with E-state index >= 15 is 0 Å². The molecule has 0 aromatic heterocycles. The number of aliphatic hydroxyl groups excluding tert-OH is 1. The van der Waals surface area contributed by atoms with Crippen LogP contribution in [0.3, 0.4) is 0 Å². The quantitative estimate of drug-likeness (QED) is 0.869. The number of halogens is 2. The summed E-state index contributed by atoms with van der Waals surface area (Å²) >= 11 is 0. The van der Waals surface area contributed by atoms with E-state index in [1.165, 1.54) is 19.3 Å². The van der Waals surface area contributed by atoms with Crippen LogP contribution in [0.15, 0.2) is 18.2 Å². The SMILES string of the molecule is Cc1cc(N2CC(C)(C)N[C@H]3CCCC[C@@H]32)ccc1OC(F)(F)CO. The summed E-state index contributed by atoms with van der Waals surface area (Å²) in [4.78, 5) is 2.42. The first-order chi connectivity index (χ1) is 11.7. The summed E-state index contributed by atoms with van der Waals surface area (Å²) in [6, 6.07) is 6.25. The summed E-state index contributed by atoms with van der Waals surface area (Å²) in [6.07, 6.45) is 1.24. The van der Waals surface area contributed by atoms with Crippen LogP contribution in [-0.2, 0) is 0 Å². The zero-order valence-electron chi connectivity index (χ0n) is 15.2. The molecule has 140 valence electrons. The number of piperazine rings is 1. The Balaban J connectivity index is 1.85. The maximum absolute atomic E-state index is 13.3. The van der Waals surface area contributed by atoms with Crippen LogP contribution in [0.4, 0.5) is 14.5 Å². The number of nitrogens with zero attached hydrogens (tertiary/aromatic N) is 1. The Kier molecular flexibility index (Phi) is 4.95. The molecule has 2 N–H and O–H groups in total. The van der Waals surface area contributed by atoms with Gasteiger partial charge in [-0.3, -0.25) is 0 Å². The second kappa shape index (κ2) is 6.72. The molecule has 2 aliphatic rings. The van der Waals surface area contributed by atoms with Crippen LogP contribution in [0.2, 0.25) is 0 Å². The number of anilines is 1. The van der Waals surface area contributed by atoms with Crippen molar-refractivity contribution in [2.75, 3.05) is 18.1 Å². The molecule has 1 aromatic rings. The average Bonchev–Trinajstić information content (AvgIpc) is 2.55. The summed E-state index contributed by atoms with van der Waals surface area (Å²) < 4.78 is 31.3. The largest absolute Gasteiger partial charge is 0.431 e. The Labute approximate surface area is 148 Å². The zero-order valence-corrected chi connectivity index (χ0v) is 15.2. The van der Waals surface area contributed by atoms with Gasteiger partial charge in [0.25, 0.3) is 0 Å². The molecule has 2 atom stereocenters. The first kappa shape index (κ1) is 18.4. The van der Waals surface area contributed by atoms with E-state index in [2.05, 4.69) is 28.8 Å². The number of hydrogen-bond acceptors (Lipinski definition) is 4. The number of aliphatic hydroxyl groups is 1. The third-order valence-electron chi connectivity index (χ3n) is 5.21. The van der Waals surface area contributed by atoms with Gasteiger partial charge in [-0.15, -0.1) is 0 Å². The van der Waals surface area contributed by atoms with Crippen molar-refractivity contribution in [3.05, 3.63) is 23.8 Å². The molecule has 1 aliphatic carbocycles. The van der Waals surface area contributed by atoms with Crippen LogP contribution < -0.4 is 15.0 Å². The van der Waals surface area contributed by atoms with E-state index in [4.69, 9.17) is 5.11 Å². The first-order valence-electron chi connectivity index (χ1n) is 9.03. The standard InChI is InChI=1S/C19H28F2N2O2/c1-13-10-14(8-9-17(13)25-19(20,21)12-24)23-11-18(2,3)22-15-6-4-5-7-16(15)23/h8-10,15-16,22,24H,4-7,11-12H2,1-3H3/t15-,16-/m0/s1. The van der Waals surface area contributed by atoms with E-state index < -0.39 is 12.7 Å².